The first-order chi connectivity index (χ1) is 14.0. The van der Waals surface area contributed by atoms with Crippen molar-refractivity contribution in [3.05, 3.63) is 101 Å². The first-order valence-electron chi connectivity index (χ1n) is 10.4. The topological polar surface area (TPSA) is 26.7 Å². The van der Waals surface area contributed by atoms with Crippen molar-refractivity contribution >= 4 is 5.69 Å². The zero-order chi connectivity index (χ0) is 20.4. The summed E-state index contributed by atoms with van der Waals surface area (Å²) in [4.78, 5) is 4.86. The van der Waals surface area contributed by atoms with Crippen LogP contribution in [-0.2, 0) is 0 Å². The maximum atomic E-state index is 11.3. The third kappa shape index (κ3) is 4.07. The van der Waals surface area contributed by atoms with E-state index < -0.39 is 6.10 Å². The molecule has 0 bridgehead atoms. The van der Waals surface area contributed by atoms with Crippen LogP contribution in [0.15, 0.2) is 72.8 Å². The molecule has 3 aromatic carbocycles. The Balaban J connectivity index is 1.65. The van der Waals surface area contributed by atoms with Crippen molar-refractivity contribution in [3.63, 3.8) is 0 Å². The Labute approximate surface area is 174 Å². The van der Waals surface area contributed by atoms with Crippen molar-refractivity contribution in [3.8, 4) is 0 Å². The number of benzene rings is 3. The molecular formula is C26H30N2O. The van der Waals surface area contributed by atoms with Crippen molar-refractivity contribution in [2.24, 2.45) is 0 Å². The lowest BCUT2D eigenvalue weighted by Gasteiger charge is -2.33. The highest BCUT2D eigenvalue weighted by atomic mass is 16.3. The van der Waals surface area contributed by atoms with E-state index in [2.05, 4.69) is 67.0 Å². The van der Waals surface area contributed by atoms with Crippen LogP contribution in [0.1, 0.15) is 40.0 Å². The Morgan fingerprint density at radius 1 is 0.759 bits per heavy atom. The number of aryl methyl sites for hydroxylation is 3. The summed E-state index contributed by atoms with van der Waals surface area (Å²) in [6, 6.07) is 24.9. The third-order valence-electron chi connectivity index (χ3n) is 5.94. The van der Waals surface area contributed by atoms with Gasteiger partial charge in [0.2, 0.25) is 0 Å². The van der Waals surface area contributed by atoms with Crippen LogP contribution in [0.4, 0.5) is 5.69 Å². The summed E-state index contributed by atoms with van der Waals surface area (Å²) in [5.41, 5.74) is 7.40. The molecule has 0 spiro atoms. The van der Waals surface area contributed by atoms with Crippen LogP contribution in [0.5, 0.6) is 0 Å². The Hall–Kier alpha value is -2.62. The molecule has 0 radical (unpaired) electrons. The van der Waals surface area contributed by atoms with E-state index >= 15 is 0 Å². The summed E-state index contributed by atoms with van der Waals surface area (Å²) in [7, 11) is 0. The number of aliphatic hydroxyl groups excluding tert-OH is 1. The van der Waals surface area contributed by atoms with Crippen LogP contribution in [0.3, 0.4) is 0 Å². The van der Waals surface area contributed by atoms with Gasteiger partial charge >= 0.3 is 0 Å². The highest BCUT2D eigenvalue weighted by Crippen LogP contribution is 2.37. The van der Waals surface area contributed by atoms with Crippen molar-refractivity contribution < 1.29 is 5.11 Å². The van der Waals surface area contributed by atoms with Gasteiger partial charge in [0.25, 0.3) is 0 Å². The summed E-state index contributed by atoms with van der Waals surface area (Å²) in [6.07, 6.45) is -0.571. The molecule has 0 aromatic heterocycles. The van der Waals surface area contributed by atoms with Gasteiger partial charge in [-0.3, -0.25) is 4.90 Å². The molecule has 3 aromatic rings. The lowest BCUT2D eigenvalue weighted by molar-refractivity contribution is 0.0614. The van der Waals surface area contributed by atoms with Crippen LogP contribution >= 0.6 is 0 Å². The Morgan fingerprint density at radius 3 is 1.90 bits per heavy atom. The quantitative estimate of drug-likeness (QED) is 0.656. The van der Waals surface area contributed by atoms with Crippen molar-refractivity contribution in [1.82, 2.24) is 4.90 Å². The van der Waals surface area contributed by atoms with Gasteiger partial charge in [0.05, 0.1) is 18.8 Å². The Bertz CT molecular complexity index is 932. The maximum absolute atomic E-state index is 11.3. The predicted molar refractivity (Wildman–Crippen MR) is 120 cm³/mol. The fourth-order valence-electron chi connectivity index (χ4n) is 4.77. The molecule has 1 heterocycles. The summed E-state index contributed by atoms with van der Waals surface area (Å²) in [5, 5.41) is 11.3. The lowest BCUT2D eigenvalue weighted by atomic mass is 9.94. The van der Waals surface area contributed by atoms with Crippen LogP contribution < -0.4 is 4.90 Å². The number of hydrogen-bond acceptors (Lipinski definition) is 3. The summed E-state index contributed by atoms with van der Waals surface area (Å²) < 4.78 is 0. The predicted octanol–water partition coefficient (Wildman–Crippen LogP) is 5.17. The third-order valence-corrected chi connectivity index (χ3v) is 5.94. The Kier molecular flexibility index (Phi) is 5.70. The standard InChI is InChI=1S/C26H30N2O/c1-19-16-20(2)24(21(3)17-19)27-14-15-28(18-27)25(22-10-6-4-7-11-22)26(29)23-12-8-5-9-13-23/h4-13,16-17,25-26,29H,14-15,18H2,1-3H3/t25-,26+/m0/s1. The highest BCUT2D eigenvalue weighted by molar-refractivity contribution is 5.60. The van der Waals surface area contributed by atoms with Gasteiger partial charge in [-0.1, -0.05) is 78.4 Å². The summed E-state index contributed by atoms with van der Waals surface area (Å²) in [5.74, 6) is 0. The summed E-state index contributed by atoms with van der Waals surface area (Å²) >= 11 is 0. The SMILES string of the molecule is Cc1cc(C)c(N2CCN([C@@H](c3ccccc3)[C@H](O)c3ccccc3)C2)c(C)c1. The molecule has 150 valence electrons. The molecule has 0 saturated carbocycles. The van der Waals surface area contributed by atoms with Crippen LogP contribution in [0, 0.1) is 20.8 Å². The number of rotatable bonds is 5. The van der Waals surface area contributed by atoms with Gasteiger partial charge in [-0.05, 0) is 43.0 Å². The molecule has 3 nitrogen and oxygen atoms in total. The van der Waals surface area contributed by atoms with Gasteiger partial charge in [-0.15, -0.1) is 0 Å². The first-order valence-corrected chi connectivity index (χ1v) is 10.4. The average molecular weight is 387 g/mol. The first kappa shape index (κ1) is 19.7. The smallest absolute Gasteiger partial charge is 0.0987 e. The minimum Gasteiger partial charge on any atom is -0.386 e. The van der Waals surface area contributed by atoms with E-state index in [-0.39, 0.29) is 6.04 Å². The Morgan fingerprint density at radius 2 is 1.31 bits per heavy atom. The van der Waals surface area contributed by atoms with E-state index in [0.29, 0.717) is 0 Å². The van der Waals surface area contributed by atoms with Gasteiger partial charge in [-0.25, -0.2) is 0 Å². The maximum Gasteiger partial charge on any atom is 0.0987 e. The molecule has 0 unspecified atom stereocenters. The second kappa shape index (κ2) is 8.40. The normalized spacial score (nSPS) is 16.8. The fourth-order valence-corrected chi connectivity index (χ4v) is 4.77. The van der Waals surface area contributed by atoms with Crippen molar-refractivity contribution in [2.75, 3.05) is 24.7 Å². The molecule has 3 heteroatoms. The second-order valence-corrected chi connectivity index (χ2v) is 8.18. The van der Waals surface area contributed by atoms with E-state index in [1.807, 2.05) is 36.4 Å². The molecule has 1 aliphatic heterocycles. The molecule has 1 saturated heterocycles. The molecule has 4 rings (SSSR count). The number of anilines is 1. The van der Waals surface area contributed by atoms with Crippen LogP contribution in [0.2, 0.25) is 0 Å². The molecular weight excluding hydrogens is 356 g/mol. The highest BCUT2D eigenvalue weighted by Gasteiger charge is 2.34. The summed E-state index contributed by atoms with van der Waals surface area (Å²) in [6.45, 7) is 9.26. The zero-order valence-electron chi connectivity index (χ0n) is 17.5. The molecule has 2 atom stereocenters. The van der Waals surface area contributed by atoms with E-state index in [1.165, 1.54) is 22.4 Å². The molecule has 0 amide bonds. The number of aliphatic hydroxyl groups is 1. The van der Waals surface area contributed by atoms with Crippen molar-refractivity contribution in [2.45, 2.75) is 32.9 Å². The van der Waals surface area contributed by atoms with Gasteiger partial charge in [0.1, 0.15) is 0 Å². The minimum absolute atomic E-state index is 0.0744. The number of hydrogen-bond donors (Lipinski definition) is 1. The van der Waals surface area contributed by atoms with E-state index in [9.17, 15) is 5.11 Å². The van der Waals surface area contributed by atoms with Gasteiger partial charge < -0.3 is 10.0 Å². The fraction of sp³-hybridized carbons (Fsp3) is 0.308. The lowest BCUT2D eigenvalue weighted by Crippen LogP contribution is -2.33. The minimum atomic E-state index is -0.571. The molecule has 1 N–H and O–H groups in total. The van der Waals surface area contributed by atoms with Crippen LogP contribution in [-0.4, -0.2) is 29.8 Å². The van der Waals surface area contributed by atoms with Gasteiger partial charge in [0, 0.05) is 18.8 Å². The molecule has 29 heavy (non-hydrogen) atoms. The second-order valence-electron chi connectivity index (χ2n) is 8.18. The largest absolute Gasteiger partial charge is 0.386 e. The zero-order valence-corrected chi connectivity index (χ0v) is 17.5. The van der Waals surface area contributed by atoms with E-state index in [0.717, 1.165) is 30.9 Å². The van der Waals surface area contributed by atoms with Gasteiger partial charge in [0.15, 0.2) is 0 Å². The molecule has 1 fully saturated rings. The van der Waals surface area contributed by atoms with Gasteiger partial charge in [-0.2, -0.15) is 0 Å². The monoisotopic (exact) mass is 386 g/mol. The van der Waals surface area contributed by atoms with E-state index in [4.69, 9.17) is 0 Å². The number of nitrogens with zero attached hydrogens (tertiary/aromatic N) is 2. The van der Waals surface area contributed by atoms with Crippen LogP contribution in [0.25, 0.3) is 0 Å². The molecule has 0 aliphatic carbocycles. The molecule has 1 aliphatic rings. The van der Waals surface area contributed by atoms with E-state index in [1.54, 1.807) is 0 Å². The van der Waals surface area contributed by atoms with Crippen molar-refractivity contribution in [1.29, 1.82) is 0 Å². The average Bonchev–Trinajstić information content (AvgIpc) is 3.18.